The van der Waals surface area contributed by atoms with Crippen LogP contribution in [0.4, 0.5) is 11.6 Å². The number of nitrogens with one attached hydrogen (secondary N) is 2. The van der Waals surface area contributed by atoms with Crippen molar-refractivity contribution in [3.8, 4) is 11.3 Å². The zero-order valence-corrected chi connectivity index (χ0v) is 16.8. The number of aromatic nitrogens is 3. The average Bonchev–Trinajstić information content (AvgIpc) is 2.77. The number of carbonyl (C=O) groups excluding carboxylic acids is 1. The van der Waals surface area contributed by atoms with E-state index in [-0.39, 0.29) is 5.91 Å². The first-order valence-electron chi connectivity index (χ1n) is 9.76. The monoisotopic (exact) mass is 390 g/mol. The maximum absolute atomic E-state index is 12.1. The lowest BCUT2D eigenvalue weighted by molar-refractivity contribution is -0.117. The van der Waals surface area contributed by atoms with Crippen molar-refractivity contribution in [2.24, 2.45) is 0 Å². The number of pyridine rings is 1. The van der Waals surface area contributed by atoms with E-state index < -0.39 is 0 Å². The van der Waals surface area contributed by atoms with Crippen LogP contribution in [0.25, 0.3) is 11.3 Å². The lowest BCUT2D eigenvalue weighted by atomic mass is 10.1. The molecule has 2 aromatic heterocycles. The largest absolute Gasteiger partial charge is 0.350 e. The number of anilines is 2. The molecular weight excluding hydrogens is 364 g/mol. The van der Waals surface area contributed by atoms with E-state index in [1.165, 1.54) is 0 Å². The quantitative estimate of drug-likeness (QED) is 0.582. The van der Waals surface area contributed by atoms with E-state index in [2.05, 4.69) is 44.3 Å². The molecule has 0 saturated carbocycles. The number of hydrogen-bond acceptors (Lipinski definition) is 6. The van der Waals surface area contributed by atoms with Gasteiger partial charge in [-0.2, -0.15) is 0 Å². The van der Waals surface area contributed by atoms with Crippen molar-refractivity contribution >= 4 is 17.5 Å². The molecule has 7 nitrogen and oxygen atoms in total. The summed E-state index contributed by atoms with van der Waals surface area (Å²) in [5.41, 5.74) is 3.71. The molecule has 0 aliphatic rings. The number of carbonyl (C=O) groups is 1. The van der Waals surface area contributed by atoms with Crippen molar-refractivity contribution in [1.82, 2.24) is 19.9 Å². The van der Waals surface area contributed by atoms with Gasteiger partial charge in [0.1, 0.15) is 0 Å². The molecule has 29 heavy (non-hydrogen) atoms. The van der Waals surface area contributed by atoms with Gasteiger partial charge in [-0.15, -0.1) is 0 Å². The van der Waals surface area contributed by atoms with E-state index in [0.29, 0.717) is 19.0 Å². The predicted octanol–water partition coefficient (Wildman–Crippen LogP) is 3.43. The van der Waals surface area contributed by atoms with Gasteiger partial charge in [-0.25, -0.2) is 9.97 Å². The van der Waals surface area contributed by atoms with Crippen molar-refractivity contribution in [2.75, 3.05) is 30.3 Å². The van der Waals surface area contributed by atoms with Gasteiger partial charge in [-0.3, -0.25) is 14.7 Å². The Morgan fingerprint density at radius 1 is 0.966 bits per heavy atom. The second kappa shape index (κ2) is 10.3. The summed E-state index contributed by atoms with van der Waals surface area (Å²) in [5.74, 6) is 0.592. The van der Waals surface area contributed by atoms with Crippen LogP contribution < -0.4 is 10.6 Å². The topological polar surface area (TPSA) is 83.0 Å². The van der Waals surface area contributed by atoms with Gasteiger partial charge in [-0.1, -0.05) is 32.0 Å². The first-order valence-corrected chi connectivity index (χ1v) is 9.76. The molecule has 0 aliphatic heterocycles. The first kappa shape index (κ1) is 20.4. The van der Waals surface area contributed by atoms with Crippen molar-refractivity contribution in [2.45, 2.75) is 20.4 Å². The SMILES string of the molecule is CCN(CC)CC(=O)Nc1ccc(-c2ccc(CNc3ncccn3)cn2)cc1. The lowest BCUT2D eigenvalue weighted by Gasteiger charge is -2.17. The third-order valence-corrected chi connectivity index (χ3v) is 4.57. The summed E-state index contributed by atoms with van der Waals surface area (Å²) in [7, 11) is 0. The second-order valence-corrected chi connectivity index (χ2v) is 6.56. The third kappa shape index (κ3) is 6.08. The van der Waals surface area contributed by atoms with Crippen LogP contribution in [0.3, 0.4) is 0 Å². The molecule has 0 radical (unpaired) electrons. The molecule has 0 fully saturated rings. The number of rotatable bonds is 9. The average molecular weight is 390 g/mol. The summed E-state index contributed by atoms with van der Waals surface area (Å²) in [6.07, 6.45) is 5.24. The minimum Gasteiger partial charge on any atom is -0.350 e. The van der Waals surface area contributed by atoms with Crippen LogP contribution in [0.15, 0.2) is 61.1 Å². The Labute approximate surface area is 171 Å². The molecule has 7 heteroatoms. The summed E-state index contributed by atoms with van der Waals surface area (Å²) in [4.78, 5) is 27.0. The van der Waals surface area contributed by atoms with Crippen LogP contribution in [0.2, 0.25) is 0 Å². The minimum atomic E-state index is -0.00109. The second-order valence-electron chi connectivity index (χ2n) is 6.56. The zero-order chi connectivity index (χ0) is 20.5. The van der Waals surface area contributed by atoms with Gasteiger partial charge >= 0.3 is 0 Å². The van der Waals surface area contributed by atoms with Crippen molar-refractivity contribution in [3.05, 3.63) is 66.6 Å². The van der Waals surface area contributed by atoms with Gasteiger partial charge in [0, 0.05) is 36.4 Å². The Morgan fingerprint density at radius 2 is 1.69 bits per heavy atom. The van der Waals surface area contributed by atoms with E-state index in [4.69, 9.17) is 0 Å². The Morgan fingerprint density at radius 3 is 2.31 bits per heavy atom. The maximum atomic E-state index is 12.1. The van der Waals surface area contributed by atoms with E-state index in [1.807, 2.05) is 42.6 Å². The van der Waals surface area contributed by atoms with Crippen LogP contribution in [0.5, 0.6) is 0 Å². The zero-order valence-electron chi connectivity index (χ0n) is 16.8. The molecule has 3 aromatic rings. The Bertz CT molecular complexity index is 893. The van der Waals surface area contributed by atoms with Crippen molar-refractivity contribution in [3.63, 3.8) is 0 Å². The summed E-state index contributed by atoms with van der Waals surface area (Å²) in [6, 6.07) is 13.5. The lowest BCUT2D eigenvalue weighted by Crippen LogP contribution is -2.32. The highest BCUT2D eigenvalue weighted by Crippen LogP contribution is 2.20. The van der Waals surface area contributed by atoms with Gasteiger partial charge in [0.2, 0.25) is 11.9 Å². The Kier molecular flexibility index (Phi) is 7.24. The predicted molar refractivity (Wildman–Crippen MR) is 115 cm³/mol. The fraction of sp³-hybridized carbons (Fsp3) is 0.273. The van der Waals surface area contributed by atoms with Crippen LogP contribution in [-0.4, -0.2) is 45.4 Å². The summed E-state index contributed by atoms with van der Waals surface area (Å²) in [5, 5.41) is 6.10. The smallest absolute Gasteiger partial charge is 0.238 e. The highest BCUT2D eigenvalue weighted by Gasteiger charge is 2.08. The third-order valence-electron chi connectivity index (χ3n) is 4.57. The molecule has 1 aromatic carbocycles. The van der Waals surface area contributed by atoms with E-state index in [9.17, 15) is 4.79 Å². The highest BCUT2D eigenvalue weighted by molar-refractivity contribution is 5.92. The first-order chi connectivity index (χ1) is 14.2. The molecule has 0 saturated heterocycles. The van der Waals surface area contributed by atoms with E-state index >= 15 is 0 Å². The van der Waals surface area contributed by atoms with Gasteiger partial charge < -0.3 is 10.6 Å². The molecule has 0 bridgehead atoms. The fourth-order valence-electron chi connectivity index (χ4n) is 2.85. The molecule has 2 heterocycles. The molecule has 1 amide bonds. The molecule has 2 N–H and O–H groups in total. The number of likely N-dealkylation sites (N-methyl/N-ethyl adjacent to an activating group) is 1. The molecule has 150 valence electrons. The highest BCUT2D eigenvalue weighted by atomic mass is 16.2. The van der Waals surface area contributed by atoms with Gasteiger partial charge in [-0.05, 0) is 42.9 Å². The van der Waals surface area contributed by atoms with E-state index in [1.54, 1.807) is 18.5 Å². The van der Waals surface area contributed by atoms with Gasteiger partial charge in [0.05, 0.1) is 12.2 Å². The number of amides is 1. The Hall–Kier alpha value is -3.32. The summed E-state index contributed by atoms with van der Waals surface area (Å²) in [6.45, 7) is 6.83. The number of hydrogen-bond donors (Lipinski definition) is 2. The maximum Gasteiger partial charge on any atom is 0.238 e. The van der Waals surface area contributed by atoms with E-state index in [0.717, 1.165) is 35.6 Å². The van der Waals surface area contributed by atoms with Crippen LogP contribution >= 0.6 is 0 Å². The van der Waals surface area contributed by atoms with Crippen molar-refractivity contribution < 1.29 is 4.79 Å². The van der Waals surface area contributed by atoms with Crippen LogP contribution in [0.1, 0.15) is 19.4 Å². The van der Waals surface area contributed by atoms with Crippen LogP contribution in [-0.2, 0) is 11.3 Å². The van der Waals surface area contributed by atoms with Crippen LogP contribution in [0, 0.1) is 0 Å². The number of nitrogens with zero attached hydrogens (tertiary/aromatic N) is 4. The standard InChI is InChI=1S/C22H26N6O/c1-3-28(4-2)16-21(29)27-19-9-7-18(8-10-19)20-11-6-17(14-25-20)15-26-22-23-12-5-13-24-22/h5-14H,3-4,15-16H2,1-2H3,(H,27,29)(H,23,24,26). The van der Waals surface area contributed by atoms with Crippen molar-refractivity contribution in [1.29, 1.82) is 0 Å². The molecule has 0 unspecified atom stereocenters. The summed E-state index contributed by atoms with van der Waals surface area (Å²) >= 11 is 0. The molecule has 0 spiro atoms. The fourth-order valence-corrected chi connectivity index (χ4v) is 2.85. The molecule has 0 atom stereocenters. The normalized spacial score (nSPS) is 10.7. The van der Waals surface area contributed by atoms with Gasteiger partial charge in [0.25, 0.3) is 0 Å². The molecular formula is C22H26N6O. The molecule has 0 aliphatic carbocycles. The summed E-state index contributed by atoms with van der Waals surface area (Å²) < 4.78 is 0. The minimum absolute atomic E-state index is 0.00109. The molecule has 3 rings (SSSR count). The van der Waals surface area contributed by atoms with Gasteiger partial charge in [0.15, 0.2) is 0 Å². The Balaban J connectivity index is 1.56. The number of benzene rings is 1.